The Morgan fingerprint density at radius 3 is 1.83 bits per heavy atom. The fourth-order valence-corrected chi connectivity index (χ4v) is 6.36. The van der Waals surface area contributed by atoms with Crippen LogP contribution in [0.25, 0.3) is 6.08 Å². The van der Waals surface area contributed by atoms with Crippen molar-refractivity contribution in [2.75, 3.05) is 26.2 Å². The van der Waals surface area contributed by atoms with E-state index in [-0.39, 0.29) is 12.5 Å². The topological polar surface area (TPSA) is 53.1 Å². The lowest BCUT2D eigenvalue weighted by molar-refractivity contribution is -0.145. The largest absolute Gasteiger partial charge is 0.489 e. The molecule has 1 heterocycles. The minimum Gasteiger partial charge on any atom is -0.489 e. The molecule has 0 spiro atoms. The van der Waals surface area contributed by atoms with Gasteiger partial charge in [0, 0.05) is 51.8 Å². The van der Waals surface area contributed by atoms with Gasteiger partial charge in [-0.25, -0.2) is 0 Å². The maximum Gasteiger partial charge on any atom is 0.416 e. The van der Waals surface area contributed by atoms with E-state index >= 15 is 0 Å². The third-order valence-corrected chi connectivity index (χ3v) is 9.33. The second-order valence-corrected chi connectivity index (χ2v) is 13.1. The third kappa shape index (κ3) is 10.7. The van der Waals surface area contributed by atoms with E-state index in [0.717, 1.165) is 35.4 Å². The van der Waals surface area contributed by atoms with Crippen molar-refractivity contribution in [3.8, 4) is 5.75 Å². The fourth-order valence-electron chi connectivity index (χ4n) is 6.36. The summed E-state index contributed by atoms with van der Waals surface area (Å²) in [6.07, 6.45) is -1.34. The molecule has 1 saturated heterocycles. The molecule has 6 nitrogen and oxygen atoms in total. The van der Waals surface area contributed by atoms with E-state index in [0.29, 0.717) is 50.5 Å². The van der Waals surface area contributed by atoms with Crippen LogP contribution in [0.3, 0.4) is 0 Å². The van der Waals surface area contributed by atoms with Gasteiger partial charge in [-0.3, -0.25) is 14.5 Å². The minimum absolute atomic E-state index is 0.131. The molecule has 5 aromatic rings. The zero-order valence-corrected chi connectivity index (χ0v) is 29.4. The molecule has 53 heavy (non-hydrogen) atoms. The average Bonchev–Trinajstić information content (AvgIpc) is 3.19. The Hall–Kier alpha value is -5.67. The molecule has 2 amide bonds. The first-order chi connectivity index (χ1) is 25.7. The SMILES string of the molecule is O=C(C(Cc1ccccc1)N(Cc1ccc(OCc2ccccc2)cc1)C(=O)C=Cc1ccc(C(F)(F)F)cc1)N1CCN(Cc2ccccc2)CC1. The number of nitrogens with zero attached hydrogens (tertiary/aromatic N) is 3. The first-order valence-corrected chi connectivity index (χ1v) is 17.7. The van der Waals surface area contributed by atoms with Crippen LogP contribution in [0.15, 0.2) is 146 Å². The highest BCUT2D eigenvalue weighted by molar-refractivity contribution is 5.95. The number of halogens is 3. The van der Waals surface area contributed by atoms with Crippen LogP contribution in [0.1, 0.15) is 33.4 Å². The first-order valence-electron chi connectivity index (χ1n) is 17.7. The number of amides is 2. The maximum absolute atomic E-state index is 14.5. The predicted octanol–water partition coefficient (Wildman–Crippen LogP) is 8.28. The molecule has 9 heteroatoms. The number of hydrogen-bond donors (Lipinski definition) is 0. The number of piperazine rings is 1. The van der Waals surface area contributed by atoms with Gasteiger partial charge in [0.1, 0.15) is 18.4 Å². The number of alkyl halides is 3. The van der Waals surface area contributed by atoms with Crippen molar-refractivity contribution in [1.29, 1.82) is 0 Å². The van der Waals surface area contributed by atoms with Gasteiger partial charge >= 0.3 is 6.18 Å². The summed E-state index contributed by atoms with van der Waals surface area (Å²) in [6, 6.07) is 40.9. The molecule has 0 saturated carbocycles. The maximum atomic E-state index is 14.5. The molecule has 0 aliphatic carbocycles. The van der Waals surface area contributed by atoms with Crippen LogP contribution in [0.5, 0.6) is 5.75 Å². The molecule has 1 aliphatic heterocycles. The fraction of sp³-hybridized carbons (Fsp3) is 0.227. The molecule has 1 aliphatic rings. The van der Waals surface area contributed by atoms with E-state index < -0.39 is 23.7 Å². The highest BCUT2D eigenvalue weighted by Gasteiger charge is 2.34. The Morgan fingerprint density at radius 1 is 0.679 bits per heavy atom. The van der Waals surface area contributed by atoms with Crippen molar-refractivity contribution in [3.05, 3.63) is 179 Å². The van der Waals surface area contributed by atoms with Gasteiger partial charge in [-0.05, 0) is 58.2 Å². The van der Waals surface area contributed by atoms with E-state index in [1.807, 2.05) is 108 Å². The van der Waals surface area contributed by atoms with Gasteiger partial charge < -0.3 is 14.5 Å². The summed E-state index contributed by atoms with van der Waals surface area (Å²) in [4.78, 5) is 34.5. The zero-order valence-electron chi connectivity index (χ0n) is 29.4. The van der Waals surface area contributed by atoms with Gasteiger partial charge in [-0.2, -0.15) is 13.2 Å². The van der Waals surface area contributed by atoms with Crippen LogP contribution >= 0.6 is 0 Å². The van der Waals surface area contributed by atoms with Gasteiger partial charge in [0.05, 0.1) is 5.56 Å². The Balaban J connectivity index is 1.24. The Kier molecular flexibility index (Phi) is 12.4. The lowest BCUT2D eigenvalue weighted by atomic mass is 10.0. The van der Waals surface area contributed by atoms with Crippen molar-refractivity contribution in [2.45, 2.75) is 38.3 Å². The lowest BCUT2D eigenvalue weighted by Gasteiger charge is -2.39. The van der Waals surface area contributed by atoms with Crippen LogP contribution < -0.4 is 4.74 Å². The van der Waals surface area contributed by atoms with E-state index in [9.17, 15) is 22.8 Å². The van der Waals surface area contributed by atoms with Crippen LogP contribution in [-0.2, 0) is 41.9 Å². The quantitative estimate of drug-likeness (QED) is 0.115. The van der Waals surface area contributed by atoms with E-state index in [1.54, 1.807) is 4.90 Å². The van der Waals surface area contributed by atoms with Crippen molar-refractivity contribution < 1.29 is 27.5 Å². The lowest BCUT2D eigenvalue weighted by Crippen LogP contribution is -2.56. The van der Waals surface area contributed by atoms with Gasteiger partial charge in [-0.15, -0.1) is 0 Å². The monoisotopic (exact) mass is 717 g/mol. The van der Waals surface area contributed by atoms with Gasteiger partial charge in [0.15, 0.2) is 0 Å². The summed E-state index contributed by atoms with van der Waals surface area (Å²) < 4.78 is 45.5. The summed E-state index contributed by atoms with van der Waals surface area (Å²) in [6.45, 7) is 3.77. The molecule has 1 atom stereocenters. The minimum atomic E-state index is -4.46. The standard InChI is InChI=1S/C44H42F3N3O3/c45-44(46,47)39-21-16-34(17-22-39)20-25-42(51)50(32-37-18-23-40(24-19-37)53-33-38-14-8-3-9-15-38)41(30-35-10-4-1-5-11-35)43(52)49-28-26-48(27-29-49)31-36-12-6-2-7-13-36/h1-25,41H,26-33H2. The summed E-state index contributed by atoms with van der Waals surface area (Å²) in [7, 11) is 0. The smallest absolute Gasteiger partial charge is 0.416 e. The van der Waals surface area contributed by atoms with Crippen molar-refractivity contribution >= 4 is 17.9 Å². The highest BCUT2D eigenvalue weighted by atomic mass is 19.4. The molecule has 1 unspecified atom stereocenters. The van der Waals surface area contributed by atoms with E-state index in [1.165, 1.54) is 29.8 Å². The number of ether oxygens (including phenoxy) is 1. The summed E-state index contributed by atoms with van der Waals surface area (Å²) in [5, 5.41) is 0. The highest BCUT2D eigenvalue weighted by Crippen LogP contribution is 2.29. The van der Waals surface area contributed by atoms with Crippen molar-refractivity contribution in [3.63, 3.8) is 0 Å². The summed E-state index contributed by atoms with van der Waals surface area (Å²) >= 11 is 0. The van der Waals surface area contributed by atoms with Crippen LogP contribution in [0.2, 0.25) is 0 Å². The summed E-state index contributed by atoms with van der Waals surface area (Å²) in [5.74, 6) is 0.0987. The van der Waals surface area contributed by atoms with Gasteiger partial charge in [-0.1, -0.05) is 115 Å². The van der Waals surface area contributed by atoms with Crippen LogP contribution in [0.4, 0.5) is 13.2 Å². The number of hydrogen-bond acceptors (Lipinski definition) is 4. The van der Waals surface area contributed by atoms with E-state index in [4.69, 9.17) is 4.74 Å². The van der Waals surface area contributed by atoms with Gasteiger partial charge in [0.25, 0.3) is 0 Å². The molecule has 272 valence electrons. The molecular weight excluding hydrogens is 675 g/mol. The summed E-state index contributed by atoms with van der Waals surface area (Å²) in [5.41, 5.74) is 3.62. The molecular formula is C44H42F3N3O3. The number of carbonyl (C=O) groups excluding carboxylic acids is 2. The zero-order chi connectivity index (χ0) is 37.0. The van der Waals surface area contributed by atoms with Crippen LogP contribution in [-0.4, -0.2) is 58.7 Å². The third-order valence-electron chi connectivity index (χ3n) is 9.33. The average molecular weight is 718 g/mol. The second kappa shape index (κ2) is 17.7. The molecule has 0 aromatic heterocycles. The Labute approximate surface area is 308 Å². The predicted molar refractivity (Wildman–Crippen MR) is 200 cm³/mol. The molecule has 0 bridgehead atoms. The second-order valence-electron chi connectivity index (χ2n) is 13.1. The molecule has 0 radical (unpaired) electrons. The van der Waals surface area contributed by atoms with Crippen LogP contribution in [0, 0.1) is 0 Å². The number of carbonyl (C=O) groups is 2. The molecule has 5 aromatic carbocycles. The first kappa shape index (κ1) is 37.1. The molecule has 0 N–H and O–H groups in total. The van der Waals surface area contributed by atoms with Crippen molar-refractivity contribution in [1.82, 2.24) is 14.7 Å². The molecule has 1 fully saturated rings. The number of rotatable bonds is 13. The number of benzene rings is 5. The van der Waals surface area contributed by atoms with Gasteiger partial charge in [0.2, 0.25) is 11.8 Å². The van der Waals surface area contributed by atoms with Crippen molar-refractivity contribution in [2.24, 2.45) is 0 Å². The Bertz CT molecular complexity index is 1930. The Morgan fingerprint density at radius 2 is 1.25 bits per heavy atom. The van der Waals surface area contributed by atoms with E-state index in [2.05, 4.69) is 17.0 Å². The normalized spacial score (nSPS) is 14.2. The molecule has 6 rings (SSSR count).